The second-order valence-electron chi connectivity index (χ2n) is 6.14. The highest BCUT2D eigenvalue weighted by atomic mass is 19.1. The van der Waals surface area contributed by atoms with Crippen molar-refractivity contribution in [1.82, 2.24) is 4.90 Å². The van der Waals surface area contributed by atoms with Crippen molar-refractivity contribution in [2.45, 2.75) is 25.4 Å². The lowest BCUT2D eigenvalue weighted by Crippen LogP contribution is -2.56. The topological polar surface area (TPSA) is 46.6 Å². The predicted octanol–water partition coefficient (Wildman–Crippen LogP) is 3.47. The van der Waals surface area contributed by atoms with Gasteiger partial charge in [0, 0.05) is 18.4 Å². The van der Waals surface area contributed by atoms with Gasteiger partial charge >= 0.3 is 0 Å². The standard InChI is InChI=1S/C20H20FNO3/c21-16-9-11-17(12-10-16)25-18-13-22(14-18)20(24)8-4-7-19(23)15-5-2-1-3-6-15/h1-3,5-6,9-12,18H,4,7-8,13-14H2. The van der Waals surface area contributed by atoms with Gasteiger partial charge in [-0.3, -0.25) is 9.59 Å². The first-order valence-electron chi connectivity index (χ1n) is 8.40. The smallest absolute Gasteiger partial charge is 0.222 e. The van der Waals surface area contributed by atoms with Crippen LogP contribution in [0.3, 0.4) is 0 Å². The first-order chi connectivity index (χ1) is 12.1. The molecule has 0 aromatic heterocycles. The Labute approximate surface area is 146 Å². The van der Waals surface area contributed by atoms with Crippen LogP contribution < -0.4 is 4.74 Å². The molecule has 1 heterocycles. The Hall–Kier alpha value is -2.69. The van der Waals surface area contributed by atoms with Gasteiger partial charge in [0.15, 0.2) is 5.78 Å². The molecule has 2 aromatic rings. The van der Waals surface area contributed by atoms with Crippen LogP contribution >= 0.6 is 0 Å². The number of likely N-dealkylation sites (tertiary alicyclic amines) is 1. The first-order valence-corrected chi connectivity index (χ1v) is 8.40. The average Bonchev–Trinajstić information content (AvgIpc) is 2.60. The molecular weight excluding hydrogens is 321 g/mol. The summed E-state index contributed by atoms with van der Waals surface area (Å²) < 4.78 is 18.5. The zero-order chi connectivity index (χ0) is 17.6. The van der Waals surface area contributed by atoms with Crippen molar-refractivity contribution in [1.29, 1.82) is 0 Å². The molecule has 130 valence electrons. The lowest BCUT2D eigenvalue weighted by molar-refractivity contribution is -0.140. The van der Waals surface area contributed by atoms with Gasteiger partial charge in [0.05, 0.1) is 13.1 Å². The molecule has 1 saturated heterocycles. The largest absolute Gasteiger partial charge is 0.487 e. The van der Waals surface area contributed by atoms with Crippen molar-refractivity contribution >= 4 is 11.7 Å². The maximum atomic E-state index is 12.8. The second kappa shape index (κ2) is 7.92. The van der Waals surface area contributed by atoms with E-state index in [0.29, 0.717) is 43.7 Å². The molecule has 0 spiro atoms. The molecule has 2 aromatic carbocycles. The van der Waals surface area contributed by atoms with Crippen LogP contribution in [0.4, 0.5) is 4.39 Å². The lowest BCUT2D eigenvalue weighted by atomic mass is 10.0. The predicted molar refractivity (Wildman–Crippen MR) is 92.0 cm³/mol. The summed E-state index contributed by atoms with van der Waals surface area (Å²) in [6, 6.07) is 15.0. The van der Waals surface area contributed by atoms with Crippen LogP contribution in [0, 0.1) is 5.82 Å². The van der Waals surface area contributed by atoms with Crippen LogP contribution in [0.15, 0.2) is 54.6 Å². The number of ether oxygens (including phenoxy) is 1. The van der Waals surface area contributed by atoms with Gasteiger partial charge in [0.25, 0.3) is 0 Å². The number of rotatable bonds is 7. The third kappa shape index (κ3) is 4.66. The second-order valence-corrected chi connectivity index (χ2v) is 6.14. The van der Waals surface area contributed by atoms with Crippen LogP contribution in [0.1, 0.15) is 29.6 Å². The lowest BCUT2D eigenvalue weighted by Gasteiger charge is -2.39. The number of amides is 1. The van der Waals surface area contributed by atoms with Crippen LogP contribution in [0.25, 0.3) is 0 Å². The monoisotopic (exact) mass is 341 g/mol. The molecule has 0 unspecified atom stereocenters. The highest BCUT2D eigenvalue weighted by Gasteiger charge is 2.31. The average molecular weight is 341 g/mol. The molecule has 0 radical (unpaired) electrons. The highest BCUT2D eigenvalue weighted by molar-refractivity contribution is 5.96. The van der Waals surface area contributed by atoms with E-state index in [4.69, 9.17) is 4.74 Å². The maximum absolute atomic E-state index is 12.8. The molecule has 3 rings (SSSR count). The van der Waals surface area contributed by atoms with Gasteiger partial charge < -0.3 is 9.64 Å². The Morgan fingerprint density at radius 2 is 1.68 bits per heavy atom. The van der Waals surface area contributed by atoms with Crippen LogP contribution in [-0.4, -0.2) is 35.8 Å². The van der Waals surface area contributed by atoms with Crippen molar-refractivity contribution in [3.8, 4) is 5.75 Å². The van der Waals surface area contributed by atoms with Crippen LogP contribution in [0.5, 0.6) is 5.75 Å². The molecule has 1 aliphatic heterocycles. The summed E-state index contributed by atoms with van der Waals surface area (Å²) in [5, 5.41) is 0. The Morgan fingerprint density at radius 1 is 1.00 bits per heavy atom. The van der Waals surface area contributed by atoms with E-state index in [1.54, 1.807) is 29.2 Å². The number of halogens is 1. The number of ketones is 1. The normalized spacial score (nSPS) is 14.0. The van der Waals surface area contributed by atoms with Crippen molar-refractivity contribution < 1.29 is 18.7 Å². The minimum absolute atomic E-state index is 0.0415. The summed E-state index contributed by atoms with van der Waals surface area (Å²) in [5.74, 6) is 0.407. The van der Waals surface area contributed by atoms with E-state index >= 15 is 0 Å². The van der Waals surface area contributed by atoms with E-state index in [1.807, 2.05) is 18.2 Å². The van der Waals surface area contributed by atoms with E-state index in [9.17, 15) is 14.0 Å². The van der Waals surface area contributed by atoms with Crippen molar-refractivity contribution in [2.24, 2.45) is 0 Å². The van der Waals surface area contributed by atoms with E-state index in [-0.39, 0.29) is 23.6 Å². The first kappa shape index (κ1) is 17.1. The summed E-state index contributed by atoms with van der Waals surface area (Å²) in [5.41, 5.74) is 0.687. The Morgan fingerprint density at radius 3 is 2.36 bits per heavy atom. The summed E-state index contributed by atoms with van der Waals surface area (Å²) in [6.07, 6.45) is 1.23. The molecule has 4 nitrogen and oxygen atoms in total. The van der Waals surface area contributed by atoms with Crippen LogP contribution in [0.2, 0.25) is 0 Å². The number of carbonyl (C=O) groups excluding carboxylic acids is 2. The fourth-order valence-corrected chi connectivity index (χ4v) is 2.75. The number of benzene rings is 2. The van der Waals surface area contributed by atoms with Gasteiger partial charge in [0.1, 0.15) is 17.7 Å². The van der Waals surface area contributed by atoms with Gasteiger partial charge in [0.2, 0.25) is 5.91 Å². The third-order valence-corrected chi connectivity index (χ3v) is 4.21. The Bertz CT molecular complexity index is 724. The highest BCUT2D eigenvalue weighted by Crippen LogP contribution is 2.19. The minimum atomic E-state index is -0.303. The SMILES string of the molecule is O=C(CCCC(=O)N1CC(Oc2ccc(F)cc2)C1)c1ccccc1. The Balaban J connectivity index is 1.35. The molecule has 1 amide bonds. The molecule has 1 aliphatic rings. The number of Topliss-reactive ketones (excluding diaryl/α,β-unsaturated/α-hetero) is 1. The molecule has 0 bridgehead atoms. The fraction of sp³-hybridized carbons (Fsp3) is 0.300. The molecular formula is C20H20FNO3. The fourth-order valence-electron chi connectivity index (χ4n) is 2.75. The third-order valence-electron chi connectivity index (χ3n) is 4.21. The van der Waals surface area contributed by atoms with Gasteiger partial charge in [-0.1, -0.05) is 30.3 Å². The van der Waals surface area contributed by atoms with Crippen molar-refractivity contribution in [2.75, 3.05) is 13.1 Å². The number of carbonyl (C=O) groups is 2. The van der Waals surface area contributed by atoms with E-state index in [2.05, 4.69) is 0 Å². The van der Waals surface area contributed by atoms with Gasteiger partial charge in [-0.15, -0.1) is 0 Å². The number of hydrogen-bond donors (Lipinski definition) is 0. The zero-order valence-electron chi connectivity index (χ0n) is 13.9. The Kier molecular flexibility index (Phi) is 5.43. The van der Waals surface area contributed by atoms with E-state index in [0.717, 1.165) is 0 Å². The summed E-state index contributed by atoms with van der Waals surface area (Å²) in [6.45, 7) is 1.06. The van der Waals surface area contributed by atoms with Gasteiger partial charge in [-0.2, -0.15) is 0 Å². The number of hydrogen-bond acceptors (Lipinski definition) is 3. The number of nitrogens with zero attached hydrogens (tertiary/aromatic N) is 1. The van der Waals surface area contributed by atoms with Gasteiger partial charge in [-0.25, -0.2) is 4.39 Å². The zero-order valence-corrected chi connectivity index (χ0v) is 13.9. The summed E-state index contributed by atoms with van der Waals surface area (Å²) >= 11 is 0. The minimum Gasteiger partial charge on any atom is -0.487 e. The van der Waals surface area contributed by atoms with E-state index < -0.39 is 0 Å². The maximum Gasteiger partial charge on any atom is 0.222 e. The molecule has 25 heavy (non-hydrogen) atoms. The molecule has 0 saturated carbocycles. The van der Waals surface area contributed by atoms with Crippen molar-refractivity contribution in [3.05, 3.63) is 66.0 Å². The van der Waals surface area contributed by atoms with E-state index in [1.165, 1.54) is 12.1 Å². The summed E-state index contributed by atoms with van der Waals surface area (Å²) in [7, 11) is 0. The summed E-state index contributed by atoms with van der Waals surface area (Å²) in [4.78, 5) is 25.8. The molecule has 0 aliphatic carbocycles. The molecule has 0 N–H and O–H groups in total. The quantitative estimate of drug-likeness (QED) is 0.725. The van der Waals surface area contributed by atoms with Gasteiger partial charge in [-0.05, 0) is 30.7 Å². The van der Waals surface area contributed by atoms with Crippen LogP contribution in [-0.2, 0) is 4.79 Å². The molecule has 1 fully saturated rings. The molecule has 5 heteroatoms. The molecule has 0 atom stereocenters. The van der Waals surface area contributed by atoms with Crippen molar-refractivity contribution in [3.63, 3.8) is 0 Å².